The van der Waals surface area contributed by atoms with E-state index in [1.807, 2.05) is 30.3 Å². The van der Waals surface area contributed by atoms with Crippen molar-refractivity contribution < 1.29 is 28.2 Å². The van der Waals surface area contributed by atoms with Gasteiger partial charge in [0.15, 0.2) is 0 Å². The molecule has 2 heterocycles. The van der Waals surface area contributed by atoms with Gasteiger partial charge in [0.05, 0.1) is 5.60 Å². The Kier molecular flexibility index (Phi) is 5.90. The van der Waals surface area contributed by atoms with E-state index < -0.39 is 12.2 Å². The summed E-state index contributed by atoms with van der Waals surface area (Å²) in [4.78, 5) is 14.6. The van der Waals surface area contributed by atoms with Crippen LogP contribution in [0, 0.1) is 0 Å². The van der Waals surface area contributed by atoms with Gasteiger partial charge in [0.1, 0.15) is 12.4 Å². The fraction of sp³-hybridized carbons (Fsp3) is 0.435. The highest BCUT2D eigenvalue weighted by molar-refractivity contribution is 5.69. The number of rotatable bonds is 5. The molecule has 1 N–H and O–H groups in total. The fourth-order valence-corrected chi connectivity index (χ4v) is 4.72. The van der Waals surface area contributed by atoms with Crippen LogP contribution in [0.5, 0.6) is 5.75 Å². The van der Waals surface area contributed by atoms with Crippen molar-refractivity contribution in [1.29, 1.82) is 0 Å². The van der Waals surface area contributed by atoms with E-state index in [1.54, 1.807) is 17.0 Å². The summed E-state index contributed by atoms with van der Waals surface area (Å²) in [6.45, 7) is -2.72. The van der Waals surface area contributed by atoms with E-state index >= 15 is 0 Å². The minimum absolute atomic E-state index is 0.0192. The van der Waals surface area contributed by atoms with Crippen LogP contribution in [0.3, 0.4) is 0 Å². The van der Waals surface area contributed by atoms with Crippen molar-refractivity contribution in [2.45, 2.75) is 63.0 Å². The third-order valence-electron chi connectivity index (χ3n) is 6.02. The van der Waals surface area contributed by atoms with Gasteiger partial charge in [-0.3, -0.25) is 0 Å². The Morgan fingerprint density at radius 2 is 1.80 bits per heavy atom. The molecule has 0 aliphatic carbocycles. The van der Waals surface area contributed by atoms with Gasteiger partial charge < -0.3 is 19.5 Å². The Morgan fingerprint density at radius 3 is 2.47 bits per heavy atom. The second-order valence-electron chi connectivity index (χ2n) is 8.03. The Morgan fingerprint density at radius 1 is 1.10 bits per heavy atom. The molecule has 160 valence electrons. The molecule has 4 rings (SSSR count). The predicted molar refractivity (Wildman–Crippen MR) is 106 cm³/mol. The maximum absolute atomic E-state index is 12.8. The molecule has 2 bridgehead atoms. The van der Waals surface area contributed by atoms with Crippen LogP contribution in [0.2, 0.25) is 0 Å². The van der Waals surface area contributed by atoms with Crippen LogP contribution in [-0.4, -0.2) is 34.8 Å². The van der Waals surface area contributed by atoms with Gasteiger partial charge in [0, 0.05) is 24.9 Å². The summed E-state index contributed by atoms with van der Waals surface area (Å²) >= 11 is 0. The first-order chi connectivity index (χ1) is 14.4. The number of hydrogen-bond donors (Lipinski definition) is 1. The Hall–Kier alpha value is -2.67. The summed E-state index contributed by atoms with van der Waals surface area (Å²) in [6.07, 6.45) is 2.82. The van der Waals surface area contributed by atoms with Crippen LogP contribution in [0.15, 0.2) is 54.6 Å². The van der Waals surface area contributed by atoms with Crippen molar-refractivity contribution >= 4 is 6.09 Å². The molecule has 2 saturated heterocycles. The third kappa shape index (κ3) is 4.41. The SMILES string of the molecule is O=C(OCc1ccccc1)N1C2CCCC1CC(O)(c1cccc(OC(F)F)c1)C2. The Bertz CT molecular complexity index is 863. The first-order valence-corrected chi connectivity index (χ1v) is 10.2. The van der Waals surface area contributed by atoms with Crippen LogP contribution < -0.4 is 4.74 Å². The molecule has 0 spiro atoms. The maximum Gasteiger partial charge on any atom is 0.410 e. The van der Waals surface area contributed by atoms with Crippen molar-refractivity contribution in [3.63, 3.8) is 0 Å². The van der Waals surface area contributed by atoms with Crippen molar-refractivity contribution in [2.75, 3.05) is 0 Å². The highest BCUT2D eigenvalue weighted by atomic mass is 19.3. The molecule has 2 aliphatic rings. The van der Waals surface area contributed by atoms with Gasteiger partial charge >= 0.3 is 12.7 Å². The number of nitrogens with zero attached hydrogens (tertiary/aromatic N) is 1. The Labute approximate surface area is 174 Å². The van der Waals surface area contributed by atoms with Crippen LogP contribution in [0.1, 0.15) is 43.2 Å². The lowest BCUT2D eigenvalue weighted by Gasteiger charge is -2.51. The van der Waals surface area contributed by atoms with Gasteiger partial charge in [0.25, 0.3) is 0 Å². The van der Waals surface area contributed by atoms with E-state index in [2.05, 4.69) is 4.74 Å². The van der Waals surface area contributed by atoms with Crippen molar-refractivity contribution in [2.24, 2.45) is 0 Å². The Balaban J connectivity index is 1.48. The molecule has 5 nitrogen and oxygen atoms in total. The topological polar surface area (TPSA) is 59.0 Å². The summed E-state index contributed by atoms with van der Waals surface area (Å²) < 4.78 is 35.2. The molecule has 2 fully saturated rings. The number of fused-ring (bicyclic) bond motifs is 2. The fourth-order valence-electron chi connectivity index (χ4n) is 4.72. The lowest BCUT2D eigenvalue weighted by molar-refractivity contribution is -0.0902. The van der Waals surface area contributed by atoms with Gasteiger partial charge in [-0.1, -0.05) is 42.5 Å². The molecule has 2 aromatic carbocycles. The minimum Gasteiger partial charge on any atom is -0.445 e. The van der Waals surface area contributed by atoms with Crippen LogP contribution >= 0.6 is 0 Å². The second kappa shape index (κ2) is 8.60. The summed E-state index contributed by atoms with van der Waals surface area (Å²) in [6, 6.07) is 15.4. The van der Waals surface area contributed by atoms with E-state index in [1.165, 1.54) is 12.1 Å². The average Bonchev–Trinajstić information content (AvgIpc) is 2.72. The smallest absolute Gasteiger partial charge is 0.410 e. The number of carbonyl (C=O) groups is 1. The standard InChI is InChI=1S/C23H25F2NO4/c24-21(25)30-20-11-4-8-17(12-20)23(28)13-18-9-5-10-19(14-23)26(18)22(27)29-15-16-6-2-1-3-7-16/h1-4,6-8,11-12,18-19,21,28H,5,9-10,13-15H2. The monoisotopic (exact) mass is 417 g/mol. The van der Waals surface area contributed by atoms with Crippen LogP contribution in [0.25, 0.3) is 0 Å². The number of piperidine rings is 2. The van der Waals surface area contributed by atoms with Crippen molar-refractivity contribution in [1.82, 2.24) is 4.90 Å². The van der Waals surface area contributed by atoms with Gasteiger partial charge in [-0.15, -0.1) is 0 Å². The van der Waals surface area contributed by atoms with E-state index in [9.17, 15) is 18.7 Å². The highest BCUT2D eigenvalue weighted by Crippen LogP contribution is 2.45. The average molecular weight is 417 g/mol. The van der Waals surface area contributed by atoms with Gasteiger partial charge in [-0.25, -0.2) is 4.79 Å². The molecule has 7 heteroatoms. The molecule has 0 saturated carbocycles. The second-order valence-corrected chi connectivity index (χ2v) is 8.03. The molecular formula is C23H25F2NO4. The first kappa shape index (κ1) is 20.6. The minimum atomic E-state index is -2.92. The zero-order valence-corrected chi connectivity index (χ0v) is 16.5. The molecular weight excluding hydrogens is 392 g/mol. The number of alkyl halides is 2. The summed E-state index contributed by atoms with van der Waals surface area (Å²) in [5, 5.41) is 11.4. The number of hydrogen-bond acceptors (Lipinski definition) is 4. The third-order valence-corrected chi connectivity index (χ3v) is 6.02. The summed E-state index contributed by atoms with van der Waals surface area (Å²) in [7, 11) is 0. The zero-order chi connectivity index (χ0) is 21.1. The molecule has 0 radical (unpaired) electrons. The largest absolute Gasteiger partial charge is 0.445 e. The van der Waals surface area contributed by atoms with E-state index in [4.69, 9.17) is 4.74 Å². The molecule has 2 atom stereocenters. The number of ether oxygens (including phenoxy) is 2. The molecule has 2 aromatic rings. The first-order valence-electron chi connectivity index (χ1n) is 10.2. The van der Waals surface area contributed by atoms with Crippen molar-refractivity contribution in [3.05, 3.63) is 65.7 Å². The maximum atomic E-state index is 12.8. The molecule has 2 unspecified atom stereocenters. The van der Waals surface area contributed by atoms with Gasteiger partial charge in [0.2, 0.25) is 0 Å². The number of halogens is 2. The summed E-state index contributed by atoms with van der Waals surface area (Å²) in [5.41, 5.74) is 0.253. The number of amides is 1. The quantitative estimate of drug-likeness (QED) is 0.757. The molecule has 30 heavy (non-hydrogen) atoms. The lowest BCUT2D eigenvalue weighted by atomic mass is 9.72. The van der Waals surface area contributed by atoms with E-state index in [0.717, 1.165) is 24.8 Å². The molecule has 0 aromatic heterocycles. The normalized spacial score (nSPS) is 25.8. The van der Waals surface area contributed by atoms with Gasteiger partial charge in [-0.2, -0.15) is 8.78 Å². The lowest BCUT2D eigenvalue weighted by Crippen LogP contribution is -2.58. The van der Waals surface area contributed by atoms with Gasteiger partial charge in [-0.05, 0) is 42.5 Å². The summed E-state index contributed by atoms with van der Waals surface area (Å²) in [5.74, 6) is 0.0192. The van der Waals surface area contributed by atoms with E-state index in [0.29, 0.717) is 18.4 Å². The number of carbonyl (C=O) groups excluding carboxylic acids is 1. The zero-order valence-electron chi connectivity index (χ0n) is 16.5. The molecule has 1 amide bonds. The van der Waals surface area contributed by atoms with Crippen LogP contribution in [-0.2, 0) is 16.9 Å². The van der Waals surface area contributed by atoms with Crippen molar-refractivity contribution in [3.8, 4) is 5.75 Å². The highest BCUT2D eigenvalue weighted by Gasteiger charge is 2.48. The number of aliphatic hydroxyl groups is 1. The number of benzene rings is 2. The molecule has 2 aliphatic heterocycles. The van der Waals surface area contributed by atoms with E-state index in [-0.39, 0.29) is 30.5 Å². The van der Waals surface area contributed by atoms with Crippen LogP contribution in [0.4, 0.5) is 13.6 Å². The predicted octanol–water partition coefficient (Wildman–Crippen LogP) is 4.83.